The number of nitriles is 1. The predicted octanol–water partition coefficient (Wildman–Crippen LogP) is 2.03. The first-order chi connectivity index (χ1) is 8.96. The minimum Gasteiger partial charge on any atom is -0.207 e. The van der Waals surface area contributed by atoms with Crippen LogP contribution in [0.3, 0.4) is 0 Å². The van der Waals surface area contributed by atoms with E-state index in [0.29, 0.717) is 18.9 Å². The van der Waals surface area contributed by atoms with Crippen LogP contribution in [0.15, 0.2) is 23.1 Å². The van der Waals surface area contributed by atoms with Gasteiger partial charge in [-0.2, -0.15) is 9.57 Å². The molecule has 1 fully saturated rings. The molecule has 19 heavy (non-hydrogen) atoms. The number of piperidine rings is 1. The lowest BCUT2D eigenvalue weighted by Crippen LogP contribution is -2.43. The van der Waals surface area contributed by atoms with E-state index in [-0.39, 0.29) is 6.54 Å². The zero-order chi connectivity index (χ0) is 14.0. The number of hydrogen-bond donors (Lipinski definition) is 0. The van der Waals surface area contributed by atoms with Crippen molar-refractivity contribution in [3.05, 3.63) is 29.8 Å². The summed E-state index contributed by atoms with van der Waals surface area (Å²) in [5, 5.41) is 8.98. The van der Waals surface area contributed by atoms with E-state index >= 15 is 0 Å². The summed E-state index contributed by atoms with van der Waals surface area (Å²) in [6, 6.07) is 3.43. The van der Waals surface area contributed by atoms with Crippen molar-refractivity contribution < 1.29 is 17.2 Å². The number of rotatable bonds is 2. The van der Waals surface area contributed by atoms with Crippen molar-refractivity contribution in [3.8, 4) is 6.07 Å². The summed E-state index contributed by atoms with van der Waals surface area (Å²) < 4.78 is 52.0. The average Bonchev–Trinajstić information content (AvgIpc) is 2.38. The van der Waals surface area contributed by atoms with Crippen LogP contribution in [0.4, 0.5) is 8.78 Å². The first-order valence-electron chi connectivity index (χ1n) is 5.83. The van der Waals surface area contributed by atoms with Crippen LogP contribution < -0.4 is 0 Å². The van der Waals surface area contributed by atoms with E-state index in [1.807, 2.05) is 6.07 Å². The van der Waals surface area contributed by atoms with Crippen LogP contribution in [0.1, 0.15) is 19.3 Å². The highest BCUT2D eigenvalue weighted by atomic mass is 32.2. The summed E-state index contributed by atoms with van der Waals surface area (Å²) in [6.07, 6.45) is 1.81. The largest absolute Gasteiger partial charge is 0.247 e. The fourth-order valence-electron chi connectivity index (χ4n) is 2.13. The van der Waals surface area contributed by atoms with Gasteiger partial charge in [-0.15, -0.1) is 0 Å². The molecule has 0 N–H and O–H groups in total. The molecule has 1 heterocycles. The van der Waals surface area contributed by atoms with Gasteiger partial charge in [0.05, 0.1) is 6.07 Å². The van der Waals surface area contributed by atoms with E-state index < -0.39 is 32.6 Å². The second-order valence-electron chi connectivity index (χ2n) is 4.33. The first-order valence-corrected chi connectivity index (χ1v) is 7.27. The molecule has 1 atom stereocenters. The van der Waals surface area contributed by atoms with E-state index in [0.717, 1.165) is 22.9 Å². The fraction of sp³-hybridized carbons (Fsp3) is 0.417. The van der Waals surface area contributed by atoms with E-state index in [4.69, 9.17) is 5.26 Å². The van der Waals surface area contributed by atoms with Crippen LogP contribution >= 0.6 is 0 Å². The fourth-order valence-corrected chi connectivity index (χ4v) is 3.79. The van der Waals surface area contributed by atoms with Gasteiger partial charge in [0.25, 0.3) is 0 Å². The Kier molecular flexibility index (Phi) is 3.83. The Hall–Kier alpha value is -1.52. The van der Waals surface area contributed by atoms with Gasteiger partial charge in [-0.1, -0.05) is 0 Å². The summed E-state index contributed by atoms with van der Waals surface area (Å²) >= 11 is 0. The second kappa shape index (κ2) is 5.23. The summed E-state index contributed by atoms with van der Waals surface area (Å²) in [5.74, 6) is -1.98. The maximum absolute atomic E-state index is 13.6. The third kappa shape index (κ3) is 2.60. The van der Waals surface area contributed by atoms with Gasteiger partial charge in [-0.3, -0.25) is 0 Å². The van der Waals surface area contributed by atoms with E-state index in [9.17, 15) is 17.2 Å². The molecule has 7 heteroatoms. The zero-order valence-corrected chi connectivity index (χ0v) is 10.8. The quantitative estimate of drug-likeness (QED) is 0.835. The van der Waals surface area contributed by atoms with Crippen LogP contribution in [0.25, 0.3) is 0 Å². The summed E-state index contributed by atoms with van der Waals surface area (Å²) in [7, 11) is -4.10. The molecule has 1 saturated heterocycles. The second-order valence-corrected chi connectivity index (χ2v) is 6.19. The Balaban J connectivity index is 2.44. The van der Waals surface area contributed by atoms with Crippen molar-refractivity contribution in [2.45, 2.75) is 30.2 Å². The topological polar surface area (TPSA) is 61.2 Å². The lowest BCUT2D eigenvalue weighted by molar-refractivity contribution is 0.296. The molecular formula is C12H12F2N2O2S. The molecule has 1 aromatic carbocycles. The molecule has 0 saturated carbocycles. The molecule has 0 spiro atoms. The lowest BCUT2D eigenvalue weighted by Gasteiger charge is -2.30. The number of hydrogen-bond acceptors (Lipinski definition) is 3. The molecule has 1 aliphatic heterocycles. The van der Waals surface area contributed by atoms with Crippen molar-refractivity contribution in [1.29, 1.82) is 5.26 Å². The molecule has 102 valence electrons. The Morgan fingerprint density at radius 2 is 2.05 bits per heavy atom. The smallest absolute Gasteiger partial charge is 0.207 e. The van der Waals surface area contributed by atoms with E-state index in [1.165, 1.54) is 0 Å². The van der Waals surface area contributed by atoms with E-state index in [2.05, 4.69) is 0 Å². The van der Waals surface area contributed by atoms with Crippen molar-refractivity contribution >= 4 is 10.0 Å². The predicted molar refractivity (Wildman–Crippen MR) is 63.5 cm³/mol. The van der Waals surface area contributed by atoms with E-state index in [1.54, 1.807) is 0 Å². The van der Waals surface area contributed by atoms with Crippen LogP contribution in [-0.2, 0) is 10.0 Å². The molecule has 0 amide bonds. The molecule has 4 nitrogen and oxygen atoms in total. The maximum atomic E-state index is 13.6. The van der Waals surface area contributed by atoms with Gasteiger partial charge in [0.1, 0.15) is 22.6 Å². The van der Waals surface area contributed by atoms with Gasteiger partial charge in [0, 0.05) is 12.6 Å². The normalized spacial score (nSPS) is 21.0. The van der Waals surface area contributed by atoms with Gasteiger partial charge >= 0.3 is 0 Å². The Morgan fingerprint density at radius 1 is 1.32 bits per heavy atom. The standard InChI is InChI=1S/C12H12F2N2O2S/c13-9-4-5-12(11(14)7-9)19(17,18)16-6-2-1-3-10(16)8-15/h4-5,7,10H,1-3,6H2. The highest BCUT2D eigenvalue weighted by Crippen LogP contribution is 2.26. The van der Waals surface area contributed by atoms with Gasteiger partial charge in [-0.25, -0.2) is 17.2 Å². The Labute approximate surface area is 110 Å². The minimum absolute atomic E-state index is 0.178. The molecule has 0 radical (unpaired) electrons. The summed E-state index contributed by atoms with van der Waals surface area (Å²) in [5.41, 5.74) is 0. The van der Waals surface area contributed by atoms with Crippen molar-refractivity contribution in [3.63, 3.8) is 0 Å². The molecule has 1 unspecified atom stereocenters. The molecule has 0 aliphatic carbocycles. The lowest BCUT2D eigenvalue weighted by atomic mass is 10.1. The van der Waals surface area contributed by atoms with Gasteiger partial charge in [-0.05, 0) is 31.4 Å². The van der Waals surface area contributed by atoms with Gasteiger partial charge < -0.3 is 0 Å². The molecule has 1 aliphatic rings. The van der Waals surface area contributed by atoms with Crippen LogP contribution in [0, 0.1) is 23.0 Å². The highest BCUT2D eigenvalue weighted by Gasteiger charge is 2.35. The Bertz CT molecular complexity index is 625. The number of benzene rings is 1. The van der Waals surface area contributed by atoms with Crippen molar-refractivity contribution in [2.75, 3.05) is 6.54 Å². The third-order valence-corrected chi connectivity index (χ3v) is 5.02. The van der Waals surface area contributed by atoms with Crippen molar-refractivity contribution in [2.24, 2.45) is 0 Å². The molecule has 1 aromatic rings. The molecule has 0 aromatic heterocycles. The monoisotopic (exact) mass is 286 g/mol. The summed E-state index contributed by atoms with van der Waals surface area (Å²) in [6.45, 7) is 0.178. The zero-order valence-electron chi connectivity index (χ0n) is 10.0. The average molecular weight is 286 g/mol. The van der Waals surface area contributed by atoms with Crippen LogP contribution in [0.2, 0.25) is 0 Å². The number of halogens is 2. The maximum Gasteiger partial charge on any atom is 0.247 e. The minimum atomic E-state index is -4.10. The first kappa shape index (κ1) is 13.9. The molecular weight excluding hydrogens is 274 g/mol. The summed E-state index contributed by atoms with van der Waals surface area (Å²) in [4.78, 5) is -0.587. The van der Waals surface area contributed by atoms with Crippen LogP contribution in [-0.4, -0.2) is 25.3 Å². The molecule has 0 bridgehead atoms. The van der Waals surface area contributed by atoms with Crippen molar-refractivity contribution in [1.82, 2.24) is 4.31 Å². The SMILES string of the molecule is N#CC1CCCCN1S(=O)(=O)c1ccc(F)cc1F. The van der Waals surface area contributed by atoms with Gasteiger partial charge in [0.2, 0.25) is 10.0 Å². The van der Waals surface area contributed by atoms with Crippen LogP contribution in [0.5, 0.6) is 0 Å². The highest BCUT2D eigenvalue weighted by molar-refractivity contribution is 7.89. The number of nitrogens with zero attached hydrogens (tertiary/aromatic N) is 2. The Morgan fingerprint density at radius 3 is 2.68 bits per heavy atom. The van der Waals surface area contributed by atoms with Gasteiger partial charge in [0.15, 0.2) is 0 Å². The number of sulfonamides is 1. The molecule has 2 rings (SSSR count). The third-order valence-electron chi connectivity index (χ3n) is 3.08.